The van der Waals surface area contributed by atoms with E-state index in [1.807, 2.05) is 11.8 Å². The second kappa shape index (κ2) is 7.90. The summed E-state index contributed by atoms with van der Waals surface area (Å²) >= 11 is 0. The van der Waals surface area contributed by atoms with Crippen LogP contribution >= 0.6 is 0 Å². The monoisotopic (exact) mass is 378 g/mol. The predicted molar refractivity (Wildman–Crippen MR) is 98.5 cm³/mol. The summed E-state index contributed by atoms with van der Waals surface area (Å²) in [6.07, 6.45) is -2.52. The van der Waals surface area contributed by atoms with Gasteiger partial charge in [-0.2, -0.15) is 13.2 Å². The van der Waals surface area contributed by atoms with Gasteiger partial charge in [0.25, 0.3) is 5.91 Å². The van der Waals surface area contributed by atoms with E-state index in [1.54, 1.807) is 24.3 Å². The van der Waals surface area contributed by atoms with E-state index in [4.69, 9.17) is 4.74 Å². The molecular weight excluding hydrogens is 357 g/mol. The molecule has 1 amide bonds. The van der Waals surface area contributed by atoms with Gasteiger partial charge in [0, 0.05) is 18.7 Å². The highest BCUT2D eigenvalue weighted by Gasteiger charge is 2.32. The third kappa shape index (κ3) is 4.53. The highest BCUT2D eigenvalue weighted by molar-refractivity contribution is 6.06. The van der Waals surface area contributed by atoms with Crippen molar-refractivity contribution in [3.63, 3.8) is 0 Å². The van der Waals surface area contributed by atoms with Crippen LogP contribution in [0.2, 0.25) is 0 Å². The topological polar surface area (TPSA) is 41.6 Å². The van der Waals surface area contributed by atoms with Gasteiger partial charge >= 0.3 is 6.18 Å². The van der Waals surface area contributed by atoms with Crippen LogP contribution in [0.15, 0.2) is 42.5 Å². The summed E-state index contributed by atoms with van der Waals surface area (Å²) in [5, 5.41) is 2.65. The molecular formula is C20H21F3N2O2. The van der Waals surface area contributed by atoms with Gasteiger partial charge in [-0.1, -0.05) is 6.07 Å². The Hall–Kier alpha value is -2.70. The minimum absolute atomic E-state index is 0.165. The van der Waals surface area contributed by atoms with Gasteiger partial charge in [-0.15, -0.1) is 0 Å². The van der Waals surface area contributed by atoms with Crippen molar-refractivity contribution in [2.24, 2.45) is 0 Å². The van der Waals surface area contributed by atoms with E-state index >= 15 is 0 Å². The average molecular weight is 378 g/mol. The summed E-state index contributed by atoms with van der Waals surface area (Å²) in [6.45, 7) is 3.80. The van der Waals surface area contributed by atoms with Crippen molar-refractivity contribution in [3.8, 4) is 5.75 Å². The number of nitrogens with one attached hydrogen (secondary N) is 1. The Morgan fingerprint density at radius 2 is 1.89 bits per heavy atom. The van der Waals surface area contributed by atoms with Gasteiger partial charge in [-0.05, 0) is 56.2 Å². The van der Waals surface area contributed by atoms with Crippen molar-refractivity contribution in [2.75, 3.05) is 29.9 Å². The Morgan fingerprint density at radius 3 is 2.56 bits per heavy atom. The van der Waals surface area contributed by atoms with Gasteiger partial charge in [-0.25, -0.2) is 0 Å². The van der Waals surface area contributed by atoms with Crippen LogP contribution in [0.25, 0.3) is 0 Å². The maximum atomic E-state index is 13.1. The molecule has 1 aliphatic heterocycles. The van der Waals surface area contributed by atoms with Gasteiger partial charge in [0.05, 0.1) is 23.5 Å². The van der Waals surface area contributed by atoms with Crippen LogP contribution < -0.4 is 15.0 Å². The molecule has 0 aliphatic carbocycles. The molecule has 0 unspecified atom stereocenters. The van der Waals surface area contributed by atoms with Crippen molar-refractivity contribution in [1.82, 2.24) is 0 Å². The molecule has 1 N–H and O–H groups in total. The summed E-state index contributed by atoms with van der Waals surface area (Å²) in [7, 11) is 0. The smallest absolute Gasteiger partial charge is 0.416 e. The van der Waals surface area contributed by atoms with E-state index in [0.717, 1.165) is 38.1 Å². The Kier molecular flexibility index (Phi) is 5.58. The van der Waals surface area contributed by atoms with E-state index in [0.29, 0.717) is 23.6 Å². The van der Waals surface area contributed by atoms with Crippen molar-refractivity contribution < 1.29 is 22.7 Å². The molecule has 4 nitrogen and oxygen atoms in total. The molecule has 144 valence electrons. The number of carbonyl (C=O) groups is 1. The highest BCUT2D eigenvalue weighted by Crippen LogP contribution is 2.36. The molecule has 0 spiro atoms. The van der Waals surface area contributed by atoms with Crippen LogP contribution in [-0.4, -0.2) is 25.6 Å². The average Bonchev–Trinajstić information content (AvgIpc) is 3.16. The zero-order valence-corrected chi connectivity index (χ0v) is 15.0. The molecule has 2 aromatic rings. The molecule has 0 aromatic heterocycles. The standard InChI is InChI=1S/C20H21F3N2O2/c1-2-27-16-7-5-6-14(12-16)19(26)24-17-13-15(20(21,22)23)8-9-18(17)25-10-3-4-11-25/h5-9,12-13H,2-4,10-11H2,1H3,(H,24,26). The minimum Gasteiger partial charge on any atom is -0.494 e. The van der Waals surface area contributed by atoms with Crippen LogP contribution in [0.1, 0.15) is 35.7 Å². The summed E-state index contributed by atoms with van der Waals surface area (Å²) in [4.78, 5) is 14.6. The minimum atomic E-state index is -4.47. The fourth-order valence-corrected chi connectivity index (χ4v) is 3.13. The summed E-state index contributed by atoms with van der Waals surface area (Å²) < 4.78 is 44.8. The Bertz CT molecular complexity index is 815. The third-order valence-corrected chi connectivity index (χ3v) is 4.43. The fourth-order valence-electron chi connectivity index (χ4n) is 3.13. The number of halogens is 3. The van der Waals surface area contributed by atoms with Gasteiger partial charge in [0.1, 0.15) is 5.75 Å². The first kappa shape index (κ1) is 19.1. The summed E-state index contributed by atoms with van der Waals surface area (Å²) in [5.74, 6) is 0.0604. The second-order valence-corrected chi connectivity index (χ2v) is 6.34. The molecule has 0 bridgehead atoms. The van der Waals surface area contributed by atoms with Gasteiger partial charge in [0.2, 0.25) is 0 Å². The zero-order valence-electron chi connectivity index (χ0n) is 15.0. The number of amides is 1. The van der Waals surface area contributed by atoms with E-state index in [1.165, 1.54) is 6.07 Å². The number of nitrogens with zero attached hydrogens (tertiary/aromatic N) is 1. The Labute approximate surface area is 155 Å². The quantitative estimate of drug-likeness (QED) is 0.800. The predicted octanol–water partition coefficient (Wildman–Crippen LogP) is 4.96. The molecule has 1 saturated heterocycles. The zero-order chi connectivity index (χ0) is 19.4. The number of benzene rings is 2. The van der Waals surface area contributed by atoms with Crippen LogP contribution in [0.3, 0.4) is 0 Å². The lowest BCUT2D eigenvalue weighted by Crippen LogP contribution is -2.22. The first-order chi connectivity index (χ1) is 12.9. The molecule has 27 heavy (non-hydrogen) atoms. The largest absolute Gasteiger partial charge is 0.494 e. The van der Waals surface area contributed by atoms with Crippen molar-refractivity contribution >= 4 is 17.3 Å². The van der Waals surface area contributed by atoms with Crippen LogP contribution in [0.5, 0.6) is 5.75 Å². The lowest BCUT2D eigenvalue weighted by atomic mass is 10.1. The molecule has 2 aromatic carbocycles. The SMILES string of the molecule is CCOc1cccc(C(=O)Nc2cc(C(F)(F)F)ccc2N2CCCC2)c1. The first-order valence-electron chi connectivity index (χ1n) is 8.89. The van der Waals surface area contributed by atoms with E-state index in [9.17, 15) is 18.0 Å². The molecule has 0 atom stereocenters. The van der Waals surface area contributed by atoms with Crippen molar-refractivity contribution in [3.05, 3.63) is 53.6 Å². The van der Waals surface area contributed by atoms with Crippen LogP contribution in [0, 0.1) is 0 Å². The summed E-state index contributed by atoms with van der Waals surface area (Å²) in [6, 6.07) is 10.0. The lowest BCUT2D eigenvalue weighted by molar-refractivity contribution is -0.137. The van der Waals surface area contributed by atoms with Gasteiger partial charge in [-0.3, -0.25) is 4.79 Å². The van der Waals surface area contributed by atoms with Crippen LogP contribution in [-0.2, 0) is 6.18 Å². The number of hydrogen-bond donors (Lipinski definition) is 1. The van der Waals surface area contributed by atoms with E-state index in [2.05, 4.69) is 5.32 Å². The normalized spacial score (nSPS) is 14.3. The molecule has 1 heterocycles. The fraction of sp³-hybridized carbons (Fsp3) is 0.350. The second-order valence-electron chi connectivity index (χ2n) is 6.34. The number of hydrogen-bond acceptors (Lipinski definition) is 3. The van der Waals surface area contributed by atoms with Crippen molar-refractivity contribution in [1.29, 1.82) is 0 Å². The number of alkyl halides is 3. The maximum Gasteiger partial charge on any atom is 0.416 e. The van der Waals surface area contributed by atoms with E-state index < -0.39 is 17.6 Å². The van der Waals surface area contributed by atoms with Gasteiger partial charge < -0.3 is 15.0 Å². The molecule has 3 rings (SSSR count). The third-order valence-electron chi connectivity index (χ3n) is 4.43. The van der Waals surface area contributed by atoms with Crippen molar-refractivity contribution in [2.45, 2.75) is 25.9 Å². The number of carbonyl (C=O) groups excluding carboxylic acids is 1. The number of rotatable bonds is 5. The molecule has 1 fully saturated rings. The Morgan fingerprint density at radius 1 is 1.15 bits per heavy atom. The molecule has 0 saturated carbocycles. The summed E-state index contributed by atoms with van der Waals surface area (Å²) in [5.41, 5.74) is 0.308. The maximum absolute atomic E-state index is 13.1. The molecule has 1 aliphatic rings. The van der Waals surface area contributed by atoms with Gasteiger partial charge in [0.15, 0.2) is 0 Å². The van der Waals surface area contributed by atoms with E-state index in [-0.39, 0.29) is 5.69 Å². The molecule has 0 radical (unpaired) electrons. The molecule has 7 heteroatoms. The Balaban J connectivity index is 1.91. The number of anilines is 2. The number of ether oxygens (including phenoxy) is 1. The van der Waals surface area contributed by atoms with Crippen LogP contribution in [0.4, 0.5) is 24.5 Å². The highest BCUT2D eigenvalue weighted by atomic mass is 19.4. The first-order valence-corrected chi connectivity index (χ1v) is 8.89. The lowest BCUT2D eigenvalue weighted by Gasteiger charge is -2.23.